The molecule has 0 aliphatic heterocycles. The predicted molar refractivity (Wildman–Crippen MR) is 77.1 cm³/mol. The van der Waals surface area contributed by atoms with Crippen LogP contribution in [0.3, 0.4) is 0 Å². The molecule has 0 aromatic carbocycles. The van der Waals surface area contributed by atoms with E-state index >= 15 is 0 Å². The van der Waals surface area contributed by atoms with Crippen molar-refractivity contribution in [1.29, 1.82) is 0 Å². The van der Waals surface area contributed by atoms with Crippen LogP contribution in [0.2, 0.25) is 0 Å². The molecule has 19 heavy (non-hydrogen) atoms. The number of hydrogen-bond acceptors (Lipinski definition) is 3. The fourth-order valence-corrected chi connectivity index (χ4v) is 3.21. The summed E-state index contributed by atoms with van der Waals surface area (Å²) in [5.41, 5.74) is 1.06. The molecule has 2 rings (SSSR count). The van der Waals surface area contributed by atoms with E-state index in [4.69, 9.17) is 4.74 Å². The lowest BCUT2D eigenvalue weighted by Crippen LogP contribution is -2.45. The van der Waals surface area contributed by atoms with Crippen LogP contribution in [0.5, 0.6) is 0 Å². The second-order valence-corrected chi connectivity index (χ2v) is 5.51. The van der Waals surface area contributed by atoms with Crippen LogP contribution in [0.1, 0.15) is 57.7 Å². The summed E-state index contributed by atoms with van der Waals surface area (Å²) in [5, 5.41) is 8.28. The van der Waals surface area contributed by atoms with Crippen LogP contribution in [0.4, 0.5) is 0 Å². The lowest BCUT2D eigenvalue weighted by molar-refractivity contribution is -0.0636. The lowest BCUT2D eigenvalue weighted by atomic mass is 9.89. The van der Waals surface area contributed by atoms with E-state index in [2.05, 4.69) is 30.3 Å². The molecule has 1 aliphatic rings. The summed E-state index contributed by atoms with van der Waals surface area (Å²) in [6, 6.07) is 2.34. The number of nitrogens with one attached hydrogen (secondary N) is 1. The van der Waals surface area contributed by atoms with Gasteiger partial charge in [-0.15, -0.1) is 0 Å². The number of aromatic nitrogens is 2. The molecule has 0 amide bonds. The molecule has 1 aromatic heterocycles. The Morgan fingerprint density at radius 2 is 2.16 bits per heavy atom. The van der Waals surface area contributed by atoms with Gasteiger partial charge in [0.15, 0.2) is 0 Å². The van der Waals surface area contributed by atoms with E-state index in [1.54, 1.807) is 0 Å². The molecule has 4 nitrogen and oxygen atoms in total. The van der Waals surface area contributed by atoms with Gasteiger partial charge in [0, 0.05) is 19.9 Å². The molecular formula is C15H27N3O. The van der Waals surface area contributed by atoms with Crippen molar-refractivity contribution in [3.63, 3.8) is 0 Å². The summed E-state index contributed by atoms with van der Waals surface area (Å²) in [4.78, 5) is 0. The number of hydrogen-bond donors (Lipinski definition) is 1. The van der Waals surface area contributed by atoms with Gasteiger partial charge in [-0.3, -0.25) is 4.68 Å². The molecular weight excluding hydrogens is 238 g/mol. The average Bonchev–Trinajstić information content (AvgIpc) is 3.01. The molecule has 1 fully saturated rings. The first-order chi connectivity index (χ1) is 9.22. The summed E-state index contributed by atoms with van der Waals surface area (Å²) < 4.78 is 8.08. The topological polar surface area (TPSA) is 39.1 Å². The molecule has 1 aromatic rings. The highest BCUT2D eigenvalue weighted by atomic mass is 16.5. The molecule has 1 heterocycles. The number of ether oxygens (including phenoxy) is 1. The maximum absolute atomic E-state index is 6.20. The van der Waals surface area contributed by atoms with Gasteiger partial charge in [0.1, 0.15) is 0 Å². The van der Waals surface area contributed by atoms with Crippen molar-refractivity contribution in [2.24, 2.45) is 7.05 Å². The van der Waals surface area contributed by atoms with E-state index in [1.807, 2.05) is 17.9 Å². The summed E-state index contributed by atoms with van der Waals surface area (Å²) in [6.45, 7) is 6.08. The standard InChI is InChI=1S/C15H27N3O/c1-4-11-16-14(13-8-12-18(3)17-13)15(19-5-2)9-6-7-10-15/h8,12,14,16H,4-7,9-11H2,1-3H3. The van der Waals surface area contributed by atoms with Crippen LogP contribution >= 0.6 is 0 Å². The number of aryl methyl sites for hydroxylation is 1. The van der Waals surface area contributed by atoms with Crippen molar-refractivity contribution in [3.8, 4) is 0 Å². The van der Waals surface area contributed by atoms with Crippen molar-refractivity contribution in [3.05, 3.63) is 18.0 Å². The summed E-state index contributed by atoms with van der Waals surface area (Å²) >= 11 is 0. The second-order valence-electron chi connectivity index (χ2n) is 5.51. The van der Waals surface area contributed by atoms with E-state index in [0.29, 0.717) is 0 Å². The molecule has 0 spiro atoms. The molecule has 1 atom stereocenters. The van der Waals surface area contributed by atoms with Crippen molar-refractivity contribution >= 4 is 0 Å². The van der Waals surface area contributed by atoms with Crippen LogP contribution in [-0.4, -0.2) is 28.5 Å². The Kier molecular flexibility index (Phi) is 4.99. The number of nitrogens with zero attached hydrogens (tertiary/aromatic N) is 2. The third-order valence-electron chi connectivity index (χ3n) is 4.04. The number of rotatable bonds is 7. The SMILES string of the molecule is CCCNC(c1ccn(C)n1)C1(OCC)CCCC1. The minimum atomic E-state index is -0.0573. The zero-order valence-electron chi connectivity index (χ0n) is 12.5. The first-order valence-corrected chi connectivity index (χ1v) is 7.58. The Morgan fingerprint density at radius 3 is 2.68 bits per heavy atom. The second kappa shape index (κ2) is 6.53. The zero-order valence-corrected chi connectivity index (χ0v) is 12.5. The van der Waals surface area contributed by atoms with Crippen molar-refractivity contribution < 1.29 is 4.74 Å². The predicted octanol–water partition coefficient (Wildman–Crippen LogP) is 2.81. The van der Waals surface area contributed by atoms with Crippen molar-refractivity contribution in [2.75, 3.05) is 13.2 Å². The molecule has 0 bridgehead atoms. The van der Waals surface area contributed by atoms with Gasteiger partial charge in [-0.25, -0.2) is 0 Å². The van der Waals surface area contributed by atoms with Crippen LogP contribution in [0, 0.1) is 0 Å². The van der Waals surface area contributed by atoms with Gasteiger partial charge in [-0.05, 0) is 38.8 Å². The fraction of sp³-hybridized carbons (Fsp3) is 0.800. The highest BCUT2D eigenvalue weighted by Crippen LogP contribution is 2.42. The smallest absolute Gasteiger partial charge is 0.0892 e. The van der Waals surface area contributed by atoms with Crippen LogP contribution < -0.4 is 5.32 Å². The van der Waals surface area contributed by atoms with E-state index in [1.165, 1.54) is 12.8 Å². The van der Waals surface area contributed by atoms with Crippen LogP contribution in [0.15, 0.2) is 12.3 Å². The van der Waals surface area contributed by atoms with E-state index in [9.17, 15) is 0 Å². The monoisotopic (exact) mass is 265 g/mol. The summed E-state index contributed by atoms with van der Waals surface area (Å²) in [7, 11) is 1.97. The quantitative estimate of drug-likeness (QED) is 0.824. The molecule has 4 heteroatoms. The Morgan fingerprint density at radius 1 is 1.42 bits per heavy atom. The molecule has 1 saturated carbocycles. The van der Waals surface area contributed by atoms with Gasteiger partial charge in [0.25, 0.3) is 0 Å². The van der Waals surface area contributed by atoms with E-state index < -0.39 is 0 Å². The normalized spacial score (nSPS) is 19.7. The van der Waals surface area contributed by atoms with Crippen LogP contribution in [0.25, 0.3) is 0 Å². The first-order valence-electron chi connectivity index (χ1n) is 7.58. The highest BCUT2D eigenvalue weighted by Gasteiger charge is 2.43. The van der Waals surface area contributed by atoms with Crippen molar-refractivity contribution in [1.82, 2.24) is 15.1 Å². The molecule has 108 valence electrons. The zero-order chi connectivity index (χ0) is 13.7. The minimum Gasteiger partial charge on any atom is -0.373 e. The Labute approximate surface area is 116 Å². The molecule has 1 unspecified atom stereocenters. The largest absolute Gasteiger partial charge is 0.373 e. The minimum absolute atomic E-state index is 0.0573. The van der Waals surface area contributed by atoms with E-state index in [-0.39, 0.29) is 11.6 Å². The van der Waals surface area contributed by atoms with Gasteiger partial charge in [-0.1, -0.05) is 19.8 Å². The van der Waals surface area contributed by atoms with Gasteiger partial charge >= 0.3 is 0 Å². The Balaban J connectivity index is 2.24. The van der Waals surface area contributed by atoms with Crippen LogP contribution in [-0.2, 0) is 11.8 Å². The third kappa shape index (κ3) is 3.18. The molecule has 1 N–H and O–H groups in total. The maximum Gasteiger partial charge on any atom is 0.0892 e. The Bertz CT molecular complexity index is 382. The molecule has 1 aliphatic carbocycles. The summed E-state index contributed by atoms with van der Waals surface area (Å²) in [6.07, 6.45) is 7.95. The van der Waals surface area contributed by atoms with Gasteiger partial charge in [-0.2, -0.15) is 5.10 Å². The first kappa shape index (κ1) is 14.5. The van der Waals surface area contributed by atoms with Gasteiger partial charge in [0.2, 0.25) is 0 Å². The maximum atomic E-state index is 6.20. The third-order valence-corrected chi connectivity index (χ3v) is 4.04. The molecule has 0 saturated heterocycles. The fourth-order valence-electron chi connectivity index (χ4n) is 3.21. The Hall–Kier alpha value is -0.870. The highest BCUT2D eigenvalue weighted by molar-refractivity contribution is 5.14. The average molecular weight is 265 g/mol. The van der Waals surface area contributed by atoms with Gasteiger partial charge in [0.05, 0.1) is 17.3 Å². The van der Waals surface area contributed by atoms with Gasteiger partial charge < -0.3 is 10.1 Å². The van der Waals surface area contributed by atoms with E-state index in [0.717, 1.165) is 38.1 Å². The lowest BCUT2D eigenvalue weighted by Gasteiger charge is -2.37. The molecule has 0 radical (unpaired) electrons. The summed E-state index contributed by atoms with van der Waals surface area (Å²) in [5.74, 6) is 0. The van der Waals surface area contributed by atoms with Crippen molar-refractivity contribution in [2.45, 2.75) is 57.6 Å².